The molecule has 1 aromatic carbocycles. The van der Waals surface area contributed by atoms with Crippen molar-refractivity contribution in [2.45, 2.75) is 31.6 Å². The average molecular weight is 230 g/mol. The van der Waals surface area contributed by atoms with Crippen LogP contribution in [0, 0.1) is 10.1 Å². The van der Waals surface area contributed by atoms with E-state index in [-0.39, 0.29) is 10.6 Å². The molecule has 0 aliphatic heterocycles. The largest absolute Gasteiger partial charge is 0.361 e. The van der Waals surface area contributed by atoms with E-state index in [4.69, 9.17) is 0 Å². The number of non-ortho nitro benzene ring substituents is 1. The van der Waals surface area contributed by atoms with Crippen LogP contribution in [0.15, 0.2) is 24.4 Å². The van der Waals surface area contributed by atoms with Gasteiger partial charge in [-0.05, 0) is 30.4 Å². The summed E-state index contributed by atoms with van der Waals surface area (Å²) in [6, 6.07) is 5.08. The molecule has 88 valence electrons. The SMILES string of the molecule is O=[N+]([O-])c1ccc2c(C3CCCC3)c[nH]c2c1. The molecular weight excluding hydrogens is 216 g/mol. The molecule has 1 saturated carbocycles. The number of nitrogens with one attached hydrogen (secondary N) is 1. The molecule has 0 spiro atoms. The minimum atomic E-state index is -0.352. The van der Waals surface area contributed by atoms with Gasteiger partial charge in [-0.1, -0.05) is 12.8 Å². The Kier molecular flexibility index (Phi) is 2.35. The summed E-state index contributed by atoms with van der Waals surface area (Å²) in [5.41, 5.74) is 2.35. The molecular formula is C13H14N2O2. The van der Waals surface area contributed by atoms with Crippen LogP contribution in [-0.2, 0) is 0 Å². The Morgan fingerprint density at radius 2 is 2.06 bits per heavy atom. The van der Waals surface area contributed by atoms with Crippen LogP contribution in [-0.4, -0.2) is 9.91 Å². The van der Waals surface area contributed by atoms with Gasteiger partial charge >= 0.3 is 0 Å². The summed E-state index contributed by atoms with van der Waals surface area (Å²) >= 11 is 0. The Morgan fingerprint density at radius 3 is 2.76 bits per heavy atom. The number of rotatable bonds is 2. The zero-order valence-corrected chi connectivity index (χ0v) is 9.48. The summed E-state index contributed by atoms with van der Waals surface area (Å²) in [6.45, 7) is 0. The lowest BCUT2D eigenvalue weighted by molar-refractivity contribution is -0.384. The van der Waals surface area contributed by atoms with E-state index in [1.807, 2.05) is 12.3 Å². The van der Waals surface area contributed by atoms with E-state index in [2.05, 4.69) is 4.98 Å². The number of aromatic amines is 1. The van der Waals surface area contributed by atoms with Crippen molar-refractivity contribution in [2.75, 3.05) is 0 Å². The molecule has 4 nitrogen and oxygen atoms in total. The minimum absolute atomic E-state index is 0.150. The second-order valence-corrected chi connectivity index (χ2v) is 4.71. The smallest absolute Gasteiger partial charge is 0.271 e. The lowest BCUT2D eigenvalue weighted by Crippen LogP contribution is -1.90. The first-order valence-electron chi connectivity index (χ1n) is 6.01. The third-order valence-electron chi connectivity index (χ3n) is 3.70. The summed E-state index contributed by atoms with van der Waals surface area (Å²) < 4.78 is 0. The van der Waals surface area contributed by atoms with Crippen molar-refractivity contribution < 1.29 is 4.92 Å². The van der Waals surface area contributed by atoms with E-state index < -0.39 is 0 Å². The third kappa shape index (κ3) is 1.69. The van der Waals surface area contributed by atoms with Crippen molar-refractivity contribution in [2.24, 2.45) is 0 Å². The fourth-order valence-electron chi connectivity index (χ4n) is 2.82. The monoisotopic (exact) mass is 230 g/mol. The molecule has 0 unspecified atom stereocenters. The summed E-state index contributed by atoms with van der Waals surface area (Å²) in [5.74, 6) is 0.630. The topological polar surface area (TPSA) is 58.9 Å². The van der Waals surface area contributed by atoms with Crippen LogP contribution in [0.1, 0.15) is 37.2 Å². The maximum atomic E-state index is 10.7. The third-order valence-corrected chi connectivity index (χ3v) is 3.70. The Bertz CT molecular complexity index is 568. The molecule has 17 heavy (non-hydrogen) atoms. The van der Waals surface area contributed by atoms with Gasteiger partial charge in [-0.25, -0.2) is 0 Å². The molecule has 1 N–H and O–H groups in total. The Balaban J connectivity index is 2.07. The number of fused-ring (bicyclic) bond motifs is 1. The first-order chi connectivity index (χ1) is 8.25. The molecule has 2 aromatic rings. The highest BCUT2D eigenvalue weighted by Gasteiger charge is 2.20. The predicted molar refractivity (Wildman–Crippen MR) is 66.2 cm³/mol. The van der Waals surface area contributed by atoms with Crippen LogP contribution in [0.2, 0.25) is 0 Å². The number of hydrogen-bond donors (Lipinski definition) is 1. The highest BCUT2D eigenvalue weighted by molar-refractivity contribution is 5.85. The van der Waals surface area contributed by atoms with E-state index in [1.165, 1.54) is 31.2 Å². The van der Waals surface area contributed by atoms with Crippen molar-refractivity contribution in [1.29, 1.82) is 0 Å². The normalized spacial score (nSPS) is 16.7. The fraction of sp³-hybridized carbons (Fsp3) is 0.385. The van der Waals surface area contributed by atoms with Crippen LogP contribution in [0.3, 0.4) is 0 Å². The predicted octanol–water partition coefficient (Wildman–Crippen LogP) is 3.73. The Morgan fingerprint density at radius 1 is 1.29 bits per heavy atom. The zero-order chi connectivity index (χ0) is 11.8. The Hall–Kier alpha value is -1.84. The molecule has 1 heterocycles. The maximum absolute atomic E-state index is 10.7. The number of nitro groups is 1. The van der Waals surface area contributed by atoms with Gasteiger partial charge in [-0.15, -0.1) is 0 Å². The van der Waals surface area contributed by atoms with E-state index in [1.54, 1.807) is 12.1 Å². The molecule has 0 saturated heterocycles. The standard InChI is InChI=1S/C13H14N2O2/c16-15(17)10-5-6-11-12(8-14-13(11)7-10)9-3-1-2-4-9/h5-9,14H,1-4H2. The van der Waals surface area contributed by atoms with Crippen molar-refractivity contribution in [1.82, 2.24) is 4.98 Å². The van der Waals surface area contributed by atoms with Gasteiger partial charge in [0.25, 0.3) is 5.69 Å². The second-order valence-electron chi connectivity index (χ2n) is 4.71. The molecule has 1 aliphatic carbocycles. The lowest BCUT2D eigenvalue weighted by atomic mass is 9.97. The number of aromatic nitrogens is 1. The minimum Gasteiger partial charge on any atom is -0.361 e. The van der Waals surface area contributed by atoms with Crippen LogP contribution in [0.4, 0.5) is 5.69 Å². The number of benzene rings is 1. The lowest BCUT2D eigenvalue weighted by Gasteiger charge is -2.06. The summed E-state index contributed by atoms with van der Waals surface area (Å²) in [7, 11) is 0. The van der Waals surface area contributed by atoms with E-state index >= 15 is 0 Å². The quantitative estimate of drug-likeness (QED) is 0.631. The van der Waals surface area contributed by atoms with Crippen LogP contribution >= 0.6 is 0 Å². The van der Waals surface area contributed by atoms with Gasteiger partial charge in [0.05, 0.1) is 10.4 Å². The first-order valence-corrected chi connectivity index (χ1v) is 6.01. The van der Waals surface area contributed by atoms with E-state index in [9.17, 15) is 10.1 Å². The number of hydrogen-bond acceptors (Lipinski definition) is 2. The molecule has 4 heteroatoms. The van der Waals surface area contributed by atoms with Gasteiger partial charge in [0, 0.05) is 23.7 Å². The fourth-order valence-corrected chi connectivity index (χ4v) is 2.82. The summed E-state index contributed by atoms with van der Waals surface area (Å²) in [5, 5.41) is 11.8. The van der Waals surface area contributed by atoms with Gasteiger partial charge in [0.1, 0.15) is 0 Å². The van der Waals surface area contributed by atoms with Gasteiger partial charge < -0.3 is 4.98 Å². The van der Waals surface area contributed by atoms with Gasteiger partial charge in [0.2, 0.25) is 0 Å². The molecule has 0 radical (unpaired) electrons. The van der Waals surface area contributed by atoms with Crippen molar-refractivity contribution in [3.05, 3.63) is 40.1 Å². The molecule has 1 fully saturated rings. The number of nitrogens with zero attached hydrogens (tertiary/aromatic N) is 1. The first kappa shape index (κ1) is 10.3. The molecule has 0 atom stereocenters. The molecule has 0 amide bonds. The average Bonchev–Trinajstić information content (AvgIpc) is 2.96. The van der Waals surface area contributed by atoms with Crippen molar-refractivity contribution >= 4 is 16.6 Å². The van der Waals surface area contributed by atoms with Crippen LogP contribution in [0.25, 0.3) is 10.9 Å². The highest BCUT2D eigenvalue weighted by atomic mass is 16.6. The maximum Gasteiger partial charge on any atom is 0.271 e. The number of H-pyrrole nitrogens is 1. The molecule has 1 aliphatic rings. The van der Waals surface area contributed by atoms with Crippen molar-refractivity contribution in [3.8, 4) is 0 Å². The van der Waals surface area contributed by atoms with Crippen molar-refractivity contribution in [3.63, 3.8) is 0 Å². The summed E-state index contributed by atoms with van der Waals surface area (Å²) in [4.78, 5) is 13.5. The van der Waals surface area contributed by atoms with E-state index in [0.717, 1.165) is 10.9 Å². The van der Waals surface area contributed by atoms with Gasteiger partial charge in [0.15, 0.2) is 0 Å². The summed E-state index contributed by atoms with van der Waals surface area (Å²) in [6.07, 6.45) is 7.09. The van der Waals surface area contributed by atoms with Crippen LogP contribution < -0.4 is 0 Å². The Labute approximate surface area is 98.8 Å². The second kappa shape index (κ2) is 3.87. The zero-order valence-electron chi connectivity index (χ0n) is 9.48. The van der Waals surface area contributed by atoms with Gasteiger partial charge in [-0.3, -0.25) is 10.1 Å². The van der Waals surface area contributed by atoms with E-state index in [0.29, 0.717) is 5.92 Å². The van der Waals surface area contributed by atoms with Gasteiger partial charge in [-0.2, -0.15) is 0 Å². The number of nitro benzene ring substituents is 1. The highest BCUT2D eigenvalue weighted by Crippen LogP contribution is 2.38. The molecule has 0 bridgehead atoms. The molecule has 1 aromatic heterocycles. The van der Waals surface area contributed by atoms with Crippen LogP contribution in [0.5, 0.6) is 0 Å². The molecule has 3 rings (SSSR count).